The first kappa shape index (κ1) is 12.2. The molecule has 0 aliphatic heterocycles. The number of allylic oxidation sites excluding steroid dienone is 1. The molecular formula is C11H21NO. The third-order valence-electron chi connectivity index (χ3n) is 2.07. The molecule has 0 fully saturated rings. The molecule has 0 atom stereocenters. The first-order valence-electron chi connectivity index (χ1n) is 5.21. The molecule has 0 heterocycles. The second kappa shape index (κ2) is 7.84. The van der Waals surface area contributed by atoms with Gasteiger partial charge in [-0.3, -0.25) is 4.79 Å². The van der Waals surface area contributed by atoms with E-state index in [4.69, 9.17) is 5.73 Å². The lowest BCUT2D eigenvalue weighted by Gasteiger charge is -2.02. The maximum atomic E-state index is 10.9. The molecule has 2 heteroatoms. The van der Waals surface area contributed by atoms with Crippen molar-refractivity contribution in [1.82, 2.24) is 0 Å². The molecule has 0 spiro atoms. The normalized spacial score (nSPS) is 11.7. The Morgan fingerprint density at radius 1 is 1.23 bits per heavy atom. The van der Waals surface area contributed by atoms with Gasteiger partial charge in [-0.25, -0.2) is 0 Å². The summed E-state index contributed by atoms with van der Waals surface area (Å²) in [6, 6.07) is 0. The molecule has 0 saturated heterocycles. The largest absolute Gasteiger partial charge is 0.366 e. The first-order chi connectivity index (χ1) is 6.22. The summed E-state index contributed by atoms with van der Waals surface area (Å²) in [4.78, 5) is 10.9. The second-order valence-corrected chi connectivity index (χ2v) is 3.31. The molecular weight excluding hydrogens is 162 g/mol. The van der Waals surface area contributed by atoms with Crippen molar-refractivity contribution in [3.63, 3.8) is 0 Å². The van der Waals surface area contributed by atoms with Crippen molar-refractivity contribution in [1.29, 1.82) is 0 Å². The van der Waals surface area contributed by atoms with Crippen LogP contribution in [0.25, 0.3) is 0 Å². The highest BCUT2D eigenvalue weighted by Gasteiger charge is 2.02. The predicted molar refractivity (Wildman–Crippen MR) is 56.3 cm³/mol. The van der Waals surface area contributed by atoms with Crippen LogP contribution in [0.2, 0.25) is 0 Å². The van der Waals surface area contributed by atoms with Crippen LogP contribution < -0.4 is 5.73 Å². The van der Waals surface area contributed by atoms with Crippen LogP contribution in [0.4, 0.5) is 0 Å². The van der Waals surface area contributed by atoms with Crippen LogP contribution in [0.15, 0.2) is 11.6 Å². The minimum atomic E-state index is -0.252. The SMILES string of the molecule is CCC=C(CCCCCC)C(N)=O. The highest BCUT2D eigenvalue weighted by molar-refractivity contribution is 5.91. The van der Waals surface area contributed by atoms with E-state index in [-0.39, 0.29) is 5.91 Å². The number of rotatable bonds is 7. The Labute approximate surface area is 81.2 Å². The Balaban J connectivity index is 3.71. The van der Waals surface area contributed by atoms with Crippen molar-refractivity contribution in [2.45, 2.75) is 52.4 Å². The fourth-order valence-electron chi connectivity index (χ4n) is 1.31. The second-order valence-electron chi connectivity index (χ2n) is 3.31. The Kier molecular flexibility index (Phi) is 7.36. The smallest absolute Gasteiger partial charge is 0.244 e. The summed E-state index contributed by atoms with van der Waals surface area (Å²) in [5, 5.41) is 0. The van der Waals surface area contributed by atoms with Gasteiger partial charge < -0.3 is 5.73 Å². The third-order valence-corrected chi connectivity index (χ3v) is 2.07. The molecule has 2 N–H and O–H groups in total. The highest BCUT2D eigenvalue weighted by Crippen LogP contribution is 2.10. The molecule has 76 valence electrons. The molecule has 0 radical (unpaired) electrons. The van der Waals surface area contributed by atoms with E-state index < -0.39 is 0 Å². The molecule has 0 bridgehead atoms. The van der Waals surface area contributed by atoms with Gasteiger partial charge in [0, 0.05) is 5.57 Å². The van der Waals surface area contributed by atoms with E-state index in [1.54, 1.807) is 0 Å². The van der Waals surface area contributed by atoms with Gasteiger partial charge in [-0.15, -0.1) is 0 Å². The van der Waals surface area contributed by atoms with Crippen molar-refractivity contribution in [3.05, 3.63) is 11.6 Å². The van der Waals surface area contributed by atoms with Crippen LogP contribution in [0.5, 0.6) is 0 Å². The number of primary amides is 1. The van der Waals surface area contributed by atoms with Crippen LogP contribution in [0.1, 0.15) is 52.4 Å². The molecule has 0 unspecified atom stereocenters. The molecule has 0 aliphatic rings. The van der Waals surface area contributed by atoms with Crippen LogP contribution in [-0.4, -0.2) is 5.91 Å². The number of nitrogens with two attached hydrogens (primary N) is 1. The Morgan fingerprint density at radius 2 is 1.92 bits per heavy atom. The van der Waals surface area contributed by atoms with Gasteiger partial charge in [-0.05, 0) is 19.3 Å². The molecule has 13 heavy (non-hydrogen) atoms. The summed E-state index contributed by atoms with van der Waals surface area (Å²) < 4.78 is 0. The molecule has 0 rings (SSSR count). The lowest BCUT2D eigenvalue weighted by Crippen LogP contribution is -2.13. The molecule has 0 aromatic heterocycles. The van der Waals surface area contributed by atoms with Crippen molar-refractivity contribution in [3.8, 4) is 0 Å². The zero-order valence-corrected chi connectivity index (χ0v) is 8.81. The van der Waals surface area contributed by atoms with Crippen LogP contribution >= 0.6 is 0 Å². The Morgan fingerprint density at radius 3 is 2.38 bits per heavy atom. The summed E-state index contributed by atoms with van der Waals surface area (Å²) in [6.07, 6.45) is 8.44. The van der Waals surface area contributed by atoms with Crippen molar-refractivity contribution in [2.24, 2.45) is 5.73 Å². The number of carbonyl (C=O) groups is 1. The predicted octanol–water partition coefficient (Wildman–Crippen LogP) is 2.78. The van der Waals surface area contributed by atoms with Crippen molar-refractivity contribution < 1.29 is 4.79 Å². The van der Waals surface area contributed by atoms with Gasteiger partial charge in [0.15, 0.2) is 0 Å². The maximum Gasteiger partial charge on any atom is 0.244 e. The standard InChI is InChI=1S/C11H21NO/c1-3-5-6-7-9-10(8-4-2)11(12)13/h8H,3-7,9H2,1-2H3,(H2,12,13). The Bertz CT molecular complexity index is 173. The molecule has 0 saturated carbocycles. The van der Waals surface area contributed by atoms with Crippen LogP contribution in [0.3, 0.4) is 0 Å². The molecule has 0 aromatic rings. The maximum absolute atomic E-state index is 10.9. The average Bonchev–Trinajstić information content (AvgIpc) is 2.10. The van der Waals surface area contributed by atoms with E-state index >= 15 is 0 Å². The van der Waals surface area contributed by atoms with E-state index in [1.165, 1.54) is 19.3 Å². The number of unbranched alkanes of at least 4 members (excludes halogenated alkanes) is 3. The summed E-state index contributed by atoms with van der Waals surface area (Å²) in [6.45, 7) is 4.20. The zero-order valence-electron chi connectivity index (χ0n) is 8.81. The fraction of sp³-hybridized carbons (Fsp3) is 0.727. The quantitative estimate of drug-likeness (QED) is 0.478. The van der Waals surface area contributed by atoms with Crippen LogP contribution in [-0.2, 0) is 4.79 Å². The van der Waals surface area contributed by atoms with Gasteiger partial charge in [0.25, 0.3) is 0 Å². The topological polar surface area (TPSA) is 43.1 Å². The molecule has 0 aromatic carbocycles. The third kappa shape index (κ3) is 6.38. The van der Waals surface area contributed by atoms with Gasteiger partial charge in [0.2, 0.25) is 5.91 Å². The average molecular weight is 183 g/mol. The van der Waals surface area contributed by atoms with E-state index in [2.05, 4.69) is 6.92 Å². The number of carbonyl (C=O) groups excluding carboxylic acids is 1. The molecule has 0 aliphatic carbocycles. The minimum absolute atomic E-state index is 0.252. The van der Waals surface area contributed by atoms with E-state index in [0.717, 1.165) is 24.8 Å². The van der Waals surface area contributed by atoms with E-state index in [0.29, 0.717) is 0 Å². The van der Waals surface area contributed by atoms with Gasteiger partial charge in [0.1, 0.15) is 0 Å². The monoisotopic (exact) mass is 183 g/mol. The van der Waals surface area contributed by atoms with E-state index in [9.17, 15) is 4.79 Å². The van der Waals surface area contributed by atoms with Gasteiger partial charge in [-0.1, -0.05) is 39.2 Å². The fourth-order valence-corrected chi connectivity index (χ4v) is 1.31. The Hall–Kier alpha value is -0.790. The summed E-state index contributed by atoms with van der Waals surface area (Å²) >= 11 is 0. The van der Waals surface area contributed by atoms with Crippen molar-refractivity contribution >= 4 is 5.91 Å². The summed E-state index contributed by atoms with van der Waals surface area (Å²) in [5.41, 5.74) is 6.03. The molecule has 2 nitrogen and oxygen atoms in total. The lowest BCUT2D eigenvalue weighted by atomic mass is 10.1. The minimum Gasteiger partial charge on any atom is -0.366 e. The number of amides is 1. The summed E-state index contributed by atoms with van der Waals surface area (Å²) in [7, 11) is 0. The van der Waals surface area contributed by atoms with Gasteiger partial charge in [0.05, 0.1) is 0 Å². The van der Waals surface area contributed by atoms with E-state index in [1.807, 2.05) is 13.0 Å². The summed E-state index contributed by atoms with van der Waals surface area (Å²) in [5.74, 6) is -0.252. The van der Waals surface area contributed by atoms with Gasteiger partial charge >= 0.3 is 0 Å². The molecule has 1 amide bonds. The first-order valence-corrected chi connectivity index (χ1v) is 5.21. The highest BCUT2D eigenvalue weighted by atomic mass is 16.1. The lowest BCUT2D eigenvalue weighted by molar-refractivity contribution is -0.114. The number of hydrogen-bond acceptors (Lipinski definition) is 1. The van der Waals surface area contributed by atoms with Crippen LogP contribution in [0, 0.1) is 0 Å². The van der Waals surface area contributed by atoms with Gasteiger partial charge in [-0.2, -0.15) is 0 Å². The van der Waals surface area contributed by atoms with Crippen molar-refractivity contribution in [2.75, 3.05) is 0 Å². The number of hydrogen-bond donors (Lipinski definition) is 1. The zero-order chi connectivity index (χ0) is 10.1.